The van der Waals surface area contributed by atoms with Crippen molar-refractivity contribution in [1.29, 1.82) is 0 Å². The number of carbonyl (C=O) groups excluding carboxylic acids is 7. The van der Waals surface area contributed by atoms with Gasteiger partial charge < -0.3 is 55.9 Å². The number of hydrogen-bond acceptors (Lipinski definition) is 12. The molecule has 6 aromatic rings. The van der Waals surface area contributed by atoms with Crippen molar-refractivity contribution in [2.24, 2.45) is 5.73 Å². The monoisotopic (exact) mass is 1020 g/mol. The van der Waals surface area contributed by atoms with E-state index in [1.165, 1.54) is 16.8 Å². The average Bonchev–Trinajstić information content (AvgIpc) is 4.16. The Morgan fingerprint density at radius 1 is 0.847 bits per heavy atom. The highest BCUT2D eigenvalue weighted by molar-refractivity contribution is 7.16. The van der Waals surface area contributed by atoms with Crippen LogP contribution in [0.1, 0.15) is 54.8 Å². The van der Waals surface area contributed by atoms with Gasteiger partial charge in [-0.1, -0.05) is 60.7 Å². The zero-order valence-corrected chi connectivity index (χ0v) is 41.1. The summed E-state index contributed by atoms with van der Waals surface area (Å²) in [6.45, 7) is 0.886. The number of nitrogens with zero attached hydrogens (tertiary/aromatic N) is 4. The summed E-state index contributed by atoms with van der Waals surface area (Å²) in [7, 11) is 3.08. The highest BCUT2D eigenvalue weighted by Crippen LogP contribution is 2.46. The predicted octanol–water partition coefficient (Wildman–Crippen LogP) is 6.55. The van der Waals surface area contributed by atoms with E-state index in [0.717, 1.165) is 33.2 Å². The first-order valence-electron chi connectivity index (χ1n) is 23.3. The Balaban J connectivity index is 0.864. The Labute approximate surface area is 423 Å². The SMILES string of the molecule is CN(CCN(C)C(=O)Oc1cc2c(c3ccccc13)CCN2C(=O)c1ccc(C(=O)N2C[C@@H](CCl)c3c2cc(O)c2ccccc32)s1)C(=O)OCc1ccc(NC(=O)[C@H](CCCN)NC(=O)CNC=O)cc1. The molecule has 8 rings (SSSR count). The van der Waals surface area contributed by atoms with Crippen LogP contribution in [0.3, 0.4) is 0 Å². The van der Waals surface area contributed by atoms with E-state index in [0.29, 0.717) is 88.5 Å². The molecule has 20 heteroatoms. The van der Waals surface area contributed by atoms with Crippen LogP contribution >= 0.6 is 22.9 Å². The smallest absolute Gasteiger partial charge is 0.415 e. The van der Waals surface area contributed by atoms with E-state index < -0.39 is 30.0 Å². The number of halogens is 1. The third kappa shape index (κ3) is 10.9. The zero-order valence-electron chi connectivity index (χ0n) is 39.5. The summed E-state index contributed by atoms with van der Waals surface area (Å²) in [6.07, 6.45) is 0.415. The van der Waals surface area contributed by atoms with Crippen LogP contribution in [0.4, 0.5) is 26.7 Å². The summed E-state index contributed by atoms with van der Waals surface area (Å²) in [5, 5.41) is 21.5. The van der Waals surface area contributed by atoms with Crippen LogP contribution in [0.2, 0.25) is 0 Å². The van der Waals surface area contributed by atoms with Crippen LogP contribution in [0.15, 0.2) is 97.1 Å². The van der Waals surface area contributed by atoms with Crippen molar-refractivity contribution in [3.63, 3.8) is 0 Å². The standard InChI is InChI=1S/C52H53ClN8O10S/c1-58(51(68)70-29-31-13-15-33(16-14-31)56-48(65)39(12-7-20-54)57-46(64)27-55-30-62)22-23-59(2)52(69)71-43-25-40-35(34-8-3-5-10-37(34)43)19-21-60(40)49(66)44-17-18-45(72-44)50(67)61-28-32(26-53)47-38-11-6-4-9-36(38)42(63)24-41(47)61/h3-6,8-11,13-18,24-25,30,32,39,63H,7,12,19-23,26-29,54H2,1-2H3,(H,55,62)(H,56,65)(H,57,64)/t32-,39+/m1/s1. The van der Waals surface area contributed by atoms with E-state index in [4.69, 9.17) is 26.8 Å². The summed E-state index contributed by atoms with van der Waals surface area (Å²) in [5.41, 5.74) is 9.70. The largest absolute Gasteiger partial charge is 0.507 e. The zero-order chi connectivity index (χ0) is 51.1. The summed E-state index contributed by atoms with van der Waals surface area (Å²) in [6, 6.07) is 27.3. The number of nitrogens with two attached hydrogens (primary N) is 1. The van der Waals surface area contributed by atoms with Gasteiger partial charge >= 0.3 is 12.2 Å². The van der Waals surface area contributed by atoms with E-state index >= 15 is 0 Å². The normalized spacial score (nSPS) is 14.0. The molecule has 2 atom stereocenters. The second kappa shape index (κ2) is 22.6. The van der Waals surface area contributed by atoms with Gasteiger partial charge in [0.1, 0.15) is 24.1 Å². The predicted molar refractivity (Wildman–Crippen MR) is 275 cm³/mol. The number of anilines is 3. The van der Waals surface area contributed by atoms with Crippen LogP contribution in [0.25, 0.3) is 21.5 Å². The third-order valence-corrected chi connectivity index (χ3v) is 14.1. The van der Waals surface area contributed by atoms with Gasteiger partial charge in [-0.05, 0) is 77.5 Å². The van der Waals surface area contributed by atoms with Gasteiger partial charge in [0.15, 0.2) is 0 Å². The van der Waals surface area contributed by atoms with Crippen LogP contribution in [-0.2, 0) is 32.1 Å². The van der Waals surface area contributed by atoms with Gasteiger partial charge in [0, 0.05) is 80.7 Å². The maximum Gasteiger partial charge on any atom is 0.415 e. The number of rotatable bonds is 18. The number of fused-ring (bicyclic) bond motifs is 6. The number of phenols is 1. The molecule has 3 heterocycles. The Bertz CT molecular complexity index is 3060. The third-order valence-electron chi connectivity index (χ3n) is 12.7. The average molecular weight is 1020 g/mol. The molecule has 1 aromatic heterocycles. The fourth-order valence-electron chi connectivity index (χ4n) is 8.90. The van der Waals surface area contributed by atoms with E-state index in [-0.39, 0.29) is 61.4 Å². The molecule has 0 aliphatic carbocycles. The molecule has 374 valence electrons. The lowest BCUT2D eigenvalue weighted by Gasteiger charge is -2.23. The number of hydrogen-bond donors (Lipinski definition) is 5. The Morgan fingerprint density at radius 2 is 1.50 bits per heavy atom. The number of thiophene rings is 1. The summed E-state index contributed by atoms with van der Waals surface area (Å²) < 4.78 is 11.5. The van der Waals surface area contributed by atoms with Crippen molar-refractivity contribution in [2.75, 3.05) is 74.4 Å². The van der Waals surface area contributed by atoms with E-state index in [1.54, 1.807) is 65.4 Å². The van der Waals surface area contributed by atoms with Crippen molar-refractivity contribution in [2.45, 2.75) is 37.8 Å². The minimum absolute atomic E-state index is 0.0644. The Hall–Kier alpha value is -7.74. The van der Waals surface area contributed by atoms with Crippen molar-refractivity contribution in [1.82, 2.24) is 20.4 Å². The molecular formula is C52H53ClN8O10S. The molecule has 0 saturated carbocycles. The van der Waals surface area contributed by atoms with Gasteiger partial charge in [0.25, 0.3) is 11.8 Å². The molecule has 2 aliphatic heterocycles. The van der Waals surface area contributed by atoms with Gasteiger partial charge in [0.05, 0.1) is 27.7 Å². The van der Waals surface area contributed by atoms with Crippen molar-refractivity contribution in [3.05, 3.63) is 124 Å². The van der Waals surface area contributed by atoms with Gasteiger partial charge in [-0.2, -0.15) is 0 Å². The minimum atomic E-state index is -0.866. The van der Waals surface area contributed by atoms with E-state index in [9.17, 15) is 38.7 Å². The first-order valence-corrected chi connectivity index (χ1v) is 24.6. The highest BCUT2D eigenvalue weighted by Gasteiger charge is 2.36. The summed E-state index contributed by atoms with van der Waals surface area (Å²) in [5.74, 6) is -1.13. The van der Waals surface area contributed by atoms with Crippen LogP contribution in [0.5, 0.6) is 11.5 Å². The maximum atomic E-state index is 14.3. The Kier molecular flexibility index (Phi) is 15.9. The van der Waals surface area contributed by atoms with E-state index in [2.05, 4.69) is 16.0 Å². The van der Waals surface area contributed by atoms with Crippen molar-refractivity contribution < 1.29 is 48.1 Å². The number of likely N-dealkylation sites (N-methyl/N-ethyl adjacent to an activating group) is 2. The second-order valence-electron chi connectivity index (χ2n) is 17.4. The van der Waals surface area contributed by atoms with Gasteiger partial charge in [-0.3, -0.25) is 24.0 Å². The number of alkyl halides is 1. The molecule has 6 N–H and O–H groups in total. The van der Waals surface area contributed by atoms with Crippen LogP contribution in [-0.4, -0.2) is 122 Å². The Morgan fingerprint density at radius 3 is 2.18 bits per heavy atom. The number of benzene rings is 5. The molecule has 7 amide bonds. The molecule has 0 fully saturated rings. The first kappa shape index (κ1) is 50.6. The fraction of sp³-hybridized carbons (Fsp3) is 0.288. The van der Waals surface area contributed by atoms with Gasteiger partial charge in [-0.15, -0.1) is 22.9 Å². The minimum Gasteiger partial charge on any atom is -0.507 e. The summed E-state index contributed by atoms with van der Waals surface area (Å²) in [4.78, 5) is 97.2. The quantitative estimate of drug-likeness (QED) is 0.0457. The van der Waals surface area contributed by atoms with Crippen LogP contribution in [0, 0.1) is 0 Å². The molecule has 0 radical (unpaired) electrons. The van der Waals surface area contributed by atoms with Crippen LogP contribution < -0.4 is 36.2 Å². The molecule has 0 spiro atoms. The van der Waals surface area contributed by atoms with E-state index in [1.807, 2.05) is 48.5 Å². The number of aromatic hydroxyl groups is 1. The lowest BCUT2D eigenvalue weighted by Crippen LogP contribution is -2.46. The number of ether oxygens (including phenoxy) is 2. The number of nitrogens with one attached hydrogen (secondary N) is 3. The lowest BCUT2D eigenvalue weighted by atomic mass is 9.95. The lowest BCUT2D eigenvalue weighted by molar-refractivity contribution is -0.126. The molecule has 72 heavy (non-hydrogen) atoms. The first-order chi connectivity index (χ1) is 34.8. The fourth-order valence-corrected chi connectivity index (χ4v) is 10.1. The number of carbonyl (C=O) groups is 7. The number of phenolic OH excluding ortho intramolecular Hbond substituents is 1. The molecule has 0 saturated heterocycles. The van der Waals surface area contributed by atoms with Crippen molar-refractivity contribution >= 4 is 104 Å². The number of amides is 7. The topological polar surface area (TPSA) is 233 Å². The highest BCUT2D eigenvalue weighted by atomic mass is 35.5. The molecule has 18 nitrogen and oxygen atoms in total. The second-order valence-corrected chi connectivity index (χ2v) is 18.8. The molecule has 2 aliphatic rings. The molecular weight excluding hydrogens is 964 g/mol. The molecule has 0 bridgehead atoms. The maximum absolute atomic E-state index is 14.3. The summed E-state index contributed by atoms with van der Waals surface area (Å²) >= 11 is 7.52. The molecule has 5 aromatic carbocycles. The van der Waals surface area contributed by atoms with Gasteiger partial charge in [-0.25, -0.2) is 9.59 Å². The van der Waals surface area contributed by atoms with Crippen molar-refractivity contribution in [3.8, 4) is 11.5 Å². The van der Waals surface area contributed by atoms with Gasteiger partial charge in [0.2, 0.25) is 18.2 Å². The molecule has 0 unspecified atom stereocenters.